The van der Waals surface area contributed by atoms with Crippen LogP contribution >= 0.6 is 0 Å². The molecule has 1 heterocycles. The lowest BCUT2D eigenvalue weighted by Crippen LogP contribution is -2.42. The van der Waals surface area contributed by atoms with Crippen LogP contribution in [0.15, 0.2) is 34.0 Å². The van der Waals surface area contributed by atoms with Crippen LogP contribution in [0.1, 0.15) is 19.9 Å². The SMILES string of the molecule is CC(C)n1c(=O)c(-c2cccc(F)c2F)cn(CC(=O)O)c1=O. The molecule has 0 saturated carbocycles. The van der Waals surface area contributed by atoms with Gasteiger partial charge in [0.05, 0.1) is 5.56 Å². The molecule has 0 aliphatic carbocycles. The molecule has 23 heavy (non-hydrogen) atoms. The van der Waals surface area contributed by atoms with Crippen LogP contribution in [0, 0.1) is 11.6 Å². The number of carboxylic acids is 1. The third-order valence-electron chi connectivity index (χ3n) is 3.25. The van der Waals surface area contributed by atoms with Crippen molar-refractivity contribution in [3.8, 4) is 11.1 Å². The summed E-state index contributed by atoms with van der Waals surface area (Å²) >= 11 is 0. The standard InChI is InChI=1S/C15H14F2N2O4/c1-8(2)19-14(22)10(6-18(15(19)23)7-12(20)21)9-4-3-5-11(16)13(9)17/h3-6,8H,7H2,1-2H3,(H,20,21). The van der Waals surface area contributed by atoms with Crippen LogP contribution < -0.4 is 11.2 Å². The van der Waals surface area contributed by atoms with Gasteiger partial charge in [0.15, 0.2) is 11.6 Å². The van der Waals surface area contributed by atoms with Crippen LogP contribution in [0.3, 0.4) is 0 Å². The second kappa shape index (κ2) is 6.15. The fraction of sp³-hybridized carbons (Fsp3) is 0.267. The van der Waals surface area contributed by atoms with Gasteiger partial charge in [-0.05, 0) is 19.9 Å². The van der Waals surface area contributed by atoms with E-state index in [0.717, 1.165) is 21.4 Å². The Morgan fingerprint density at radius 3 is 2.43 bits per heavy atom. The number of hydrogen-bond acceptors (Lipinski definition) is 3. The van der Waals surface area contributed by atoms with Gasteiger partial charge in [-0.25, -0.2) is 13.6 Å². The van der Waals surface area contributed by atoms with E-state index >= 15 is 0 Å². The van der Waals surface area contributed by atoms with Crippen LogP contribution in [0.25, 0.3) is 11.1 Å². The molecule has 0 bridgehead atoms. The molecule has 0 aliphatic rings. The van der Waals surface area contributed by atoms with E-state index in [4.69, 9.17) is 5.11 Å². The lowest BCUT2D eigenvalue weighted by Gasteiger charge is -2.15. The van der Waals surface area contributed by atoms with Crippen LogP contribution in [0.4, 0.5) is 8.78 Å². The molecule has 0 fully saturated rings. The highest BCUT2D eigenvalue weighted by molar-refractivity contribution is 5.67. The van der Waals surface area contributed by atoms with E-state index < -0.39 is 41.4 Å². The van der Waals surface area contributed by atoms with Crippen molar-refractivity contribution in [1.29, 1.82) is 0 Å². The van der Waals surface area contributed by atoms with E-state index in [0.29, 0.717) is 0 Å². The summed E-state index contributed by atoms with van der Waals surface area (Å²) in [4.78, 5) is 35.5. The number of aromatic nitrogens is 2. The third kappa shape index (κ3) is 3.05. The second-order valence-corrected chi connectivity index (χ2v) is 5.22. The monoisotopic (exact) mass is 324 g/mol. The number of rotatable bonds is 4. The molecular weight excluding hydrogens is 310 g/mol. The van der Waals surface area contributed by atoms with Gasteiger partial charge in [-0.15, -0.1) is 0 Å². The van der Waals surface area contributed by atoms with Crippen molar-refractivity contribution in [3.05, 3.63) is 56.9 Å². The van der Waals surface area contributed by atoms with Gasteiger partial charge in [0.2, 0.25) is 0 Å². The van der Waals surface area contributed by atoms with Gasteiger partial charge in [0.25, 0.3) is 5.56 Å². The van der Waals surface area contributed by atoms with Crippen molar-refractivity contribution < 1.29 is 18.7 Å². The van der Waals surface area contributed by atoms with Gasteiger partial charge in [-0.2, -0.15) is 0 Å². The first-order valence-electron chi connectivity index (χ1n) is 6.76. The molecule has 2 aromatic rings. The predicted octanol–water partition coefficient (Wildman–Crippen LogP) is 1.62. The molecule has 0 spiro atoms. The average molecular weight is 324 g/mol. The number of hydrogen-bond donors (Lipinski definition) is 1. The van der Waals surface area contributed by atoms with Crippen molar-refractivity contribution in [1.82, 2.24) is 9.13 Å². The average Bonchev–Trinajstić information content (AvgIpc) is 2.44. The van der Waals surface area contributed by atoms with E-state index in [-0.39, 0.29) is 11.1 Å². The Morgan fingerprint density at radius 2 is 1.87 bits per heavy atom. The van der Waals surface area contributed by atoms with E-state index in [2.05, 4.69) is 0 Å². The highest BCUT2D eigenvalue weighted by Gasteiger charge is 2.19. The van der Waals surface area contributed by atoms with E-state index in [1.165, 1.54) is 12.1 Å². The summed E-state index contributed by atoms with van der Waals surface area (Å²) in [6, 6.07) is 2.73. The van der Waals surface area contributed by atoms with E-state index in [9.17, 15) is 23.2 Å². The Bertz CT molecular complexity index is 884. The number of aliphatic carboxylic acids is 1. The Hall–Kier alpha value is -2.77. The van der Waals surface area contributed by atoms with Gasteiger partial charge >= 0.3 is 11.7 Å². The van der Waals surface area contributed by atoms with Gasteiger partial charge < -0.3 is 5.11 Å². The molecule has 122 valence electrons. The van der Waals surface area contributed by atoms with Crippen molar-refractivity contribution in [3.63, 3.8) is 0 Å². The molecule has 0 radical (unpaired) electrons. The highest BCUT2D eigenvalue weighted by atomic mass is 19.2. The van der Waals surface area contributed by atoms with Crippen molar-refractivity contribution in [2.45, 2.75) is 26.4 Å². The largest absolute Gasteiger partial charge is 0.480 e. The molecular formula is C15H14F2N2O4. The zero-order valence-corrected chi connectivity index (χ0v) is 12.4. The molecule has 0 amide bonds. The van der Waals surface area contributed by atoms with Crippen molar-refractivity contribution in [2.24, 2.45) is 0 Å². The normalized spacial score (nSPS) is 11.0. The number of benzene rings is 1. The molecule has 0 atom stereocenters. The quantitative estimate of drug-likeness (QED) is 0.926. The summed E-state index contributed by atoms with van der Waals surface area (Å²) in [5.74, 6) is -3.68. The summed E-state index contributed by atoms with van der Waals surface area (Å²) in [7, 11) is 0. The van der Waals surface area contributed by atoms with E-state index in [1.54, 1.807) is 13.8 Å². The van der Waals surface area contributed by atoms with Crippen LogP contribution in [0.5, 0.6) is 0 Å². The number of halogens is 2. The minimum Gasteiger partial charge on any atom is -0.480 e. The topological polar surface area (TPSA) is 81.3 Å². The molecule has 2 rings (SSSR count). The third-order valence-corrected chi connectivity index (χ3v) is 3.25. The molecule has 1 aromatic carbocycles. The van der Waals surface area contributed by atoms with Crippen LogP contribution in [-0.4, -0.2) is 20.2 Å². The minimum atomic E-state index is -1.30. The van der Waals surface area contributed by atoms with Crippen LogP contribution in [0.2, 0.25) is 0 Å². The zero-order chi connectivity index (χ0) is 17.3. The van der Waals surface area contributed by atoms with Gasteiger partial charge in [-0.1, -0.05) is 12.1 Å². The fourth-order valence-corrected chi connectivity index (χ4v) is 2.23. The molecule has 1 N–H and O–H groups in total. The molecule has 8 heteroatoms. The number of carbonyl (C=O) groups is 1. The van der Waals surface area contributed by atoms with Gasteiger partial charge in [0, 0.05) is 17.8 Å². The smallest absolute Gasteiger partial charge is 0.331 e. The summed E-state index contributed by atoms with van der Waals surface area (Å²) in [6.07, 6.45) is 0.940. The summed E-state index contributed by atoms with van der Waals surface area (Å²) in [6.45, 7) is 2.41. The van der Waals surface area contributed by atoms with E-state index in [1.807, 2.05) is 0 Å². The highest BCUT2D eigenvalue weighted by Crippen LogP contribution is 2.21. The molecule has 0 aliphatic heterocycles. The first-order chi connectivity index (χ1) is 10.7. The fourth-order valence-electron chi connectivity index (χ4n) is 2.23. The van der Waals surface area contributed by atoms with Gasteiger partial charge in [-0.3, -0.25) is 18.7 Å². The molecule has 1 aromatic heterocycles. The predicted molar refractivity (Wildman–Crippen MR) is 78.3 cm³/mol. The summed E-state index contributed by atoms with van der Waals surface area (Å²) < 4.78 is 29.0. The zero-order valence-electron chi connectivity index (χ0n) is 12.4. The summed E-state index contributed by atoms with van der Waals surface area (Å²) in [5.41, 5.74) is -2.25. The molecule has 6 nitrogen and oxygen atoms in total. The van der Waals surface area contributed by atoms with Gasteiger partial charge in [0.1, 0.15) is 6.54 Å². The number of nitrogens with zero attached hydrogens (tertiary/aromatic N) is 2. The maximum Gasteiger partial charge on any atom is 0.331 e. The minimum absolute atomic E-state index is 0.281. The maximum atomic E-state index is 14.0. The van der Waals surface area contributed by atoms with Crippen molar-refractivity contribution in [2.75, 3.05) is 0 Å². The Kier molecular flexibility index (Phi) is 4.44. The lowest BCUT2D eigenvalue weighted by molar-refractivity contribution is -0.137. The first kappa shape index (κ1) is 16.6. The Morgan fingerprint density at radius 1 is 1.22 bits per heavy atom. The second-order valence-electron chi connectivity index (χ2n) is 5.22. The molecule has 0 saturated heterocycles. The summed E-state index contributed by atoms with van der Waals surface area (Å²) in [5, 5.41) is 8.87. The number of carboxylic acid groups (broad SMARTS) is 1. The Labute approximate surface area is 129 Å². The van der Waals surface area contributed by atoms with Crippen LogP contribution in [-0.2, 0) is 11.3 Å². The molecule has 0 unspecified atom stereocenters. The maximum absolute atomic E-state index is 14.0. The lowest BCUT2D eigenvalue weighted by atomic mass is 10.1. The first-order valence-corrected chi connectivity index (χ1v) is 6.76. The Balaban J connectivity index is 2.86. The van der Waals surface area contributed by atoms with Crippen molar-refractivity contribution >= 4 is 5.97 Å².